The smallest absolute Gasteiger partial charge is 0.373 e. The van der Waals surface area contributed by atoms with E-state index < -0.39 is 6.07 Å². The van der Waals surface area contributed by atoms with Gasteiger partial charge in [0.05, 0.1) is 0 Å². The molecule has 0 fully saturated rings. The van der Waals surface area contributed by atoms with Gasteiger partial charge in [0.25, 0.3) is 0 Å². The first-order chi connectivity index (χ1) is 3.92. The van der Waals surface area contributed by atoms with Gasteiger partial charge in [0.1, 0.15) is 14.1 Å². The molecule has 0 aromatic heterocycles. The average Bonchev–Trinajstić information content (AvgIpc) is 1.59. The molecule has 0 radical (unpaired) electrons. The molecule has 0 aromatic rings. The minimum Gasteiger partial charge on any atom is -0.373 e. The third kappa shape index (κ3) is 8.28. The van der Waals surface area contributed by atoms with E-state index in [1.807, 2.05) is 0 Å². The molecule has 0 bridgehead atoms. The number of rotatable bonds is 2. The molecular formula is C3H7Cl2NO2P+. The number of hydrogen-bond acceptors (Lipinski definition) is 2. The van der Waals surface area contributed by atoms with Crippen molar-refractivity contribution in [3.63, 3.8) is 0 Å². The summed E-state index contributed by atoms with van der Waals surface area (Å²) in [6.07, 6.45) is -2.19. The topological polar surface area (TPSA) is 29.3 Å². The van der Waals surface area contributed by atoms with Crippen molar-refractivity contribution < 1.29 is 13.7 Å². The van der Waals surface area contributed by atoms with Crippen molar-refractivity contribution in [2.45, 2.75) is 0 Å². The summed E-state index contributed by atoms with van der Waals surface area (Å²) in [5.41, 5.74) is 0. The summed E-state index contributed by atoms with van der Waals surface area (Å²) in [6, 6.07) is 0. The zero-order chi connectivity index (χ0) is 7.49. The van der Waals surface area contributed by atoms with E-state index in [9.17, 15) is 4.57 Å². The van der Waals surface area contributed by atoms with Crippen molar-refractivity contribution in [2.24, 2.45) is 0 Å². The molecule has 0 saturated carbocycles. The molecular weight excluding hydrogens is 184 g/mol. The Kier molecular flexibility index (Phi) is 3.56. The fourth-order valence-corrected chi connectivity index (χ4v) is 0.661. The molecule has 0 aliphatic heterocycles. The molecule has 0 amide bonds. The molecule has 0 heterocycles. The lowest BCUT2D eigenvalue weighted by molar-refractivity contribution is -0.466. The predicted molar refractivity (Wildman–Crippen MR) is 38.6 cm³/mol. The first kappa shape index (κ1) is 9.28. The summed E-state index contributed by atoms with van der Waals surface area (Å²) >= 11 is 10.0. The molecule has 0 spiro atoms. The van der Waals surface area contributed by atoms with Gasteiger partial charge >= 0.3 is 12.5 Å². The molecule has 54 valence electrons. The summed E-state index contributed by atoms with van der Waals surface area (Å²) in [4.78, 5) is 0. The maximum Gasteiger partial charge on any atom is 0.431 e. The van der Waals surface area contributed by atoms with E-state index in [1.54, 1.807) is 14.1 Å². The monoisotopic (exact) mass is 190 g/mol. The van der Waals surface area contributed by atoms with E-state index in [0.29, 0.717) is 0 Å². The molecule has 0 N–H and O–H groups in total. The largest absolute Gasteiger partial charge is 0.431 e. The third-order valence-electron chi connectivity index (χ3n) is 0.381. The van der Waals surface area contributed by atoms with E-state index >= 15 is 0 Å². The van der Waals surface area contributed by atoms with Gasteiger partial charge in [-0.25, -0.2) is 9.14 Å². The molecule has 6 heteroatoms. The van der Waals surface area contributed by atoms with Crippen LogP contribution < -0.4 is 0 Å². The Morgan fingerprint density at radius 2 is 2.00 bits per heavy atom. The normalized spacial score (nSPS) is 10.7. The highest BCUT2D eigenvalue weighted by molar-refractivity contribution is 8.05. The van der Waals surface area contributed by atoms with Gasteiger partial charge in [-0.1, -0.05) is 0 Å². The molecule has 0 aliphatic carbocycles. The Bertz CT molecular complexity index is 159. The first-order valence-electron chi connectivity index (χ1n) is 2.09. The molecule has 9 heavy (non-hydrogen) atoms. The SMILES string of the molecule is C[N+](C)=COP(=O)(Cl)Cl. The molecule has 0 saturated heterocycles. The van der Waals surface area contributed by atoms with Crippen LogP contribution in [0.1, 0.15) is 0 Å². The van der Waals surface area contributed by atoms with Crippen LogP contribution in [0.25, 0.3) is 0 Å². The Morgan fingerprint density at radius 3 is 2.11 bits per heavy atom. The number of nitrogens with zero attached hydrogens (tertiary/aromatic N) is 1. The summed E-state index contributed by atoms with van der Waals surface area (Å²) < 4.78 is 16.3. The van der Waals surface area contributed by atoms with Crippen LogP contribution >= 0.6 is 28.6 Å². The van der Waals surface area contributed by atoms with Crippen LogP contribution in [0.4, 0.5) is 0 Å². The van der Waals surface area contributed by atoms with Crippen LogP contribution in [0.15, 0.2) is 0 Å². The van der Waals surface area contributed by atoms with Crippen molar-refractivity contribution in [3.05, 3.63) is 0 Å². The van der Waals surface area contributed by atoms with Gasteiger partial charge in [-0.15, -0.1) is 0 Å². The molecule has 0 aromatic carbocycles. The first-order valence-corrected chi connectivity index (χ1v) is 5.53. The molecule has 0 rings (SSSR count). The molecule has 0 aliphatic rings. The fourth-order valence-electron chi connectivity index (χ4n) is 0.149. The van der Waals surface area contributed by atoms with Gasteiger partial charge < -0.3 is 4.52 Å². The zero-order valence-corrected chi connectivity index (χ0v) is 7.45. The van der Waals surface area contributed by atoms with Gasteiger partial charge in [-0.05, 0) is 0 Å². The Hall–Kier alpha value is 0.280. The van der Waals surface area contributed by atoms with E-state index in [0.717, 1.165) is 0 Å². The number of halogens is 2. The van der Waals surface area contributed by atoms with Crippen LogP contribution in [-0.2, 0) is 9.09 Å². The minimum absolute atomic E-state index is 1.18. The summed E-state index contributed by atoms with van der Waals surface area (Å²) in [5.74, 6) is 0. The molecule has 3 nitrogen and oxygen atoms in total. The van der Waals surface area contributed by atoms with Crippen LogP contribution in [-0.4, -0.2) is 25.1 Å². The van der Waals surface area contributed by atoms with E-state index in [1.165, 1.54) is 11.0 Å². The van der Waals surface area contributed by atoms with Gasteiger partial charge in [0.2, 0.25) is 0 Å². The van der Waals surface area contributed by atoms with Crippen molar-refractivity contribution in [2.75, 3.05) is 14.1 Å². The minimum atomic E-state index is -3.37. The lowest BCUT2D eigenvalue weighted by Gasteiger charge is -1.94. The lowest BCUT2D eigenvalue weighted by Crippen LogP contribution is -1.98. The van der Waals surface area contributed by atoms with Crippen molar-refractivity contribution >= 4 is 35.0 Å². The standard InChI is InChI=1S/C3H7Cl2NO2P/c1-6(2)3-8-9(4,5)7/h3H,1-2H3/q+1. The van der Waals surface area contributed by atoms with Crippen molar-refractivity contribution in [3.8, 4) is 0 Å². The van der Waals surface area contributed by atoms with E-state index in [4.69, 9.17) is 22.5 Å². The van der Waals surface area contributed by atoms with Crippen molar-refractivity contribution in [1.82, 2.24) is 0 Å². The predicted octanol–water partition coefficient (Wildman–Crippen LogP) is 1.89. The van der Waals surface area contributed by atoms with Gasteiger partial charge in [0.15, 0.2) is 0 Å². The Balaban J connectivity index is 3.79. The van der Waals surface area contributed by atoms with E-state index in [2.05, 4.69) is 4.52 Å². The van der Waals surface area contributed by atoms with Crippen LogP contribution in [0, 0.1) is 0 Å². The average molecular weight is 191 g/mol. The Labute approximate surface area is 63.3 Å². The second-order valence-electron chi connectivity index (χ2n) is 1.59. The third-order valence-corrected chi connectivity index (χ3v) is 1.20. The van der Waals surface area contributed by atoms with E-state index in [-0.39, 0.29) is 0 Å². The van der Waals surface area contributed by atoms with Crippen LogP contribution in [0.3, 0.4) is 0 Å². The maximum absolute atomic E-state index is 10.4. The highest BCUT2D eigenvalue weighted by atomic mass is 35.9. The quantitative estimate of drug-likeness (QED) is 0.288. The summed E-state index contributed by atoms with van der Waals surface area (Å²) in [5, 5.41) is 0. The maximum atomic E-state index is 10.4. The second-order valence-corrected chi connectivity index (χ2v) is 5.82. The van der Waals surface area contributed by atoms with Crippen LogP contribution in [0.5, 0.6) is 0 Å². The summed E-state index contributed by atoms with van der Waals surface area (Å²) in [6.45, 7) is 0. The van der Waals surface area contributed by atoms with Gasteiger partial charge in [-0.2, -0.15) is 0 Å². The fraction of sp³-hybridized carbons (Fsp3) is 0.667. The highest BCUT2D eigenvalue weighted by Crippen LogP contribution is 2.56. The number of hydrogen-bond donors (Lipinski definition) is 0. The zero-order valence-electron chi connectivity index (χ0n) is 5.04. The highest BCUT2D eigenvalue weighted by Gasteiger charge is 2.14. The van der Waals surface area contributed by atoms with Crippen molar-refractivity contribution in [1.29, 1.82) is 0 Å². The molecule has 0 atom stereocenters. The van der Waals surface area contributed by atoms with Gasteiger partial charge in [0, 0.05) is 22.5 Å². The summed E-state index contributed by atoms with van der Waals surface area (Å²) in [7, 11) is 3.40. The van der Waals surface area contributed by atoms with Gasteiger partial charge in [-0.3, -0.25) is 0 Å². The lowest BCUT2D eigenvalue weighted by atomic mass is 11.1. The Morgan fingerprint density at radius 1 is 1.56 bits per heavy atom. The molecule has 0 unspecified atom stereocenters. The van der Waals surface area contributed by atoms with Crippen LogP contribution in [0.2, 0.25) is 0 Å². The second kappa shape index (κ2) is 3.45.